The van der Waals surface area contributed by atoms with Gasteiger partial charge in [-0.05, 0) is 30.3 Å². The molecule has 3 aromatic rings. The first-order valence-corrected chi connectivity index (χ1v) is 7.42. The molecule has 0 N–H and O–H groups in total. The summed E-state index contributed by atoms with van der Waals surface area (Å²) in [5, 5.41) is 11.0. The monoisotopic (exact) mass is 327 g/mol. The number of fused-ring (bicyclic) bond motifs is 1. The molecule has 7 heteroatoms. The second-order valence-corrected chi connectivity index (χ2v) is 5.24. The summed E-state index contributed by atoms with van der Waals surface area (Å²) in [6.45, 7) is 1.12. The molecular formula is C17H17N3O4. The molecular weight excluding hydrogens is 310 g/mol. The minimum absolute atomic E-state index is 0.0279. The van der Waals surface area contributed by atoms with Crippen LogP contribution in [0.25, 0.3) is 22.4 Å². The SMILES string of the molecule is COCCn1c(-c2ccc(OC)cc2)nc2cc([N+](=O)[O-])ccc21. The van der Waals surface area contributed by atoms with Crippen molar-refractivity contribution in [1.29, 1.82) is 0 Å². The zero-order valence-electron chi connectivity index (χ0n) is 13.4. The number of methoxy groups -OCH3 is 2. The van der Waals surface area contributed by atoms with Gasteiger partial charge in [-0.15, -0.1) is 0 Å². The fourth-order valence-corrected chi connectivity index (χ4v) is 2.60. The highest BCUT2D eigenvalue weighted by Gasteiger charge is 2.15. The Hall–Kier alpha value is -2.93. The molecule has 7 nitrogen and oxygen atoms in total. The molecule has 1 aromatic heterocycles. The number of hydrogen-bond donors (Lipinski definition) is 0. The van der Waals surface area contributed by atoms with Crippen molar-refractivity contribution in [3.8, 4) is 17.1 Å². The van der Waals surface area contributed by atoms with Gasteiger partial charge in [0.1, 0.15) is 11.6 Å². The second-order valence-electron chi connectivity index (χ2n) is 5.24. The van der Waals surface area contributed by atoms with E-state index in [4.69, 9.17) is 9.47 Å². The average molecular weight is 327 g/mol. The summed E-state index contributed by atoms with van der Waals surface area (Å²) in [7, 11) is 3.25. The lowest BCUT2D eigenvalue weighted by Gasteiger charge is -2.09. The van der Waals surface area contributed by atoms with Gasteiger partial charge >= 0.3 is 0 Å². The van der Waals surface area contributed by atoms with Crippen molar-refractivity contribution in [2.75, 3.05) is 20.8 Å². The van der Waals surface area contributed by atoms with Crippen molar-refractivity contribution in [2.45, 2.75) is 6.54 Å². The predicted molar refractivity (Wildman–Crippen MR) is 90.3 cm³/mol. The molecule has 0 saturated heterocycles. The van der Waals surface area contributed by atoms with Crippen LogP contribution in [0.4, 0.5) is 5.69 Å². The highest BCUT2D eigenvalue weighted by atomic mass is 16.6. The van der Waals surface area contributed by atoms with Crippen LogP contribution in [-0.4, -0.2) is 35.3 Å². The van der Waals surface area contributed by atoms with Gasteiger partial charge in [0.25, 0.3) is 5.69 Å². The Kier molecular flexibility index (Phi) is 4.43. The number of nitrogens with zero attached hydrogens (tertiary/aromatic N) is 3. The van der Waals surface area contributed by atoms with Crippen LogP contribution in [0, 0.1) is 10.1 Å². The molecule has 0 radical (unpaired) electrons. The number of ether oxygens (including phenoxy) is 2. The van der Waals surface area contributed by atoms with Crippen molar-refractivity contribution in [3.05, 3.63) is 52.6 Å². The molecule has 2 aromatic carbocycles. The average Bonchev–Trinajstić information content (AvgIpc) is 2.97. The first-order valence-electron chi connectivity index (χ1n) is 7.42. The van der Waals surface area contributed by atoms with Crippen LogP contribution in [0.5, 0.6) is 5.75 Å². The van der Waals surface area contributed by atoms with Gasteiger partial charge in [-0.3, -0.25) is 10.1 Å². The number of hydrogen-bond acceptors (Lipinski definition) is 5. The predicted octanol–water partition coefficient (Wildman–Crippen LogP) is 3.27. The Morgan fingerprint density at radius 2 is 1.92 bits per heavy atom. The van der Waals surface area contributed by atoms with Crippen molar-refractivity contribution in [2.24, 2.45) is 0 Å². The van der Waals surface area contributed by atoms with Gasteiger partial charge in [-0.2, -0.15) is 0 Å². The van der Waals surface area contributed by atoms with Crippen LogP contribution < -0.4 is 4.74 Å². The maximum absolute atomic E-state index is 11.0. The quantitative estimate of drug-likeness (QED) is 0.513. The van der Waals surface area contributed by atoms with Gasteiger partial charge in [0, 0.05) is 31.4 Å². The normalized spacial score (nSPS) is 10.9. The molecule has 124 valence electrons. The second kappa shape index (κ2) is 6.67. The lowest BCUT2D eigenvalue weighted by Crippen LogP contribution is -2.06. The van der Waals surface area contributed by atoms with E-state index in [0.717, 1.165) is 22.7 Å². The van der Waals surface area contributed by atoms with Crippen molar-refractivity contribution in [1.82, 2.24) is 9.55 Å². The molecule has 0 aliphatic heterocycles. The van der Waals surface area contributed by atoms with Crippen LogP contribution in [0.15, 0.2) is 42.5 Å². The van der Waals surface area contributed by atoms with Gasteiger partial charge in [0.05, 0.1) is 29.7 Å². The fraction of sp³-hybridized carbons (Fsp3) is 0.235. The highest BCUT2D eigenvalue weighted by Crippen LogP contribution is 2.28. The minimum atomic E-state index is -0.416. The molecule has 0 fully saturated rings. The van der Waals surface area contributed by atoms with Gasteiger partial charge in [-0.1, -0.05) is 0 Å². The maximum atomic E-state index is 11.0. The van der Waals surface area contributed by atoms with E-state index in [0.29, 0.717) is 18.7 Å². The Bertz CT molecular complexity index is 871. The smallest absolute Gasteiger partial charge is 0.271 e. The molecule has 3 rings (SSSR count). The molecule has 0 aliphatic rings. The first-order chi connectivity index (χ1) is 11.6. The lowest BCUT2D eigenvalue weighted by atomic mass is 10.2. The summed E-state index contributed by atoms with van der Waals surface area (Å²) in [6.07, 6.45) is 0. The van der Waals surface area contributed by atoms with E-state index in [2.05, 4.69) is 4.98 Å². The van der Waals surface area contributed by atoms with Gasteiger partial charge in [0.15, 0.2) is 0 Å². The van der Waals surface area contributed by atoms with Crippen LogP contribution in [0.3, 0.4) is 0 Å². The third-order valence-electron chi connectivity index (χ3n) is 3.81. The van der Waals surface area contributed by atoms with E-state index in [1.165, 1.54) is 12.1 Å². The van der Waals surface area contributed by atoms with E-state index in [-0.39, 0.29) is 5.69 Å². The number of aromatic nitrogens is 2. The Morgan fingerprint density at radius 1 is 1.17 bits per heavy atom. The van der Waals surface area contributed by atoms with Gasteiger partial charge in [-0.25, -0.2) is 4.98 Å². The zero-order valence-corrected chi connectivity index (χ0v) is 13.4. The summed E-state index contributed by atoms with van der Waals surface area (Å²) < 4.78 is 12.4. The first kappa shape index (κ1) is 15.9. The van der Waals surface area contributed by atoms with Gasteiger partial charge in [0.2, 0.25) is 0 Å². The van der Waals surface area contributed by atoms with Gasteiger partial charge < -0.3 is 14.0 Å². The standard InChI is InChI=1S/C17H17N3O4/c1-23-10-9-19-16-8-5-13(20(21)22)11-15(16)18-17(19)12-3-6-14(24-2)7-4-12/h3-8,11H,9-10H2,1-2H3. The summed E-state index contributed by atoms with van der Waals surface area (Å²) >= 11 is 0. The van der Waals surface area contributed by atoms with E-state index in [1.807, 2.05) is 28.8 Å². The van der Waals surface area contributed by atoms with Crippen molar-refractivity contribution in [3.63, 3.8) is 0 Å². The molecule has 24 heavy (non-hydrogen) atoms. The highest BCUT2D eigenvalue weighted by molar-refractivity contribution is 5.82. The third-order valence-corrected chi connectivity index (χ3v) is 3.81. The number of nitro groups is 1. The minimum Gasteiger partial charge on any atom is -0.497 e. The summed E-state index contributed by atoms with van der Waals surface area (Å²) in [6, 6.07) is 12.3. The topological polar surface area (TPSA) is 79.4 Å². The summed E-state index contributed by atoms with van der Waals surface area (Å²) in [5.41, 5.74) is 2.36. The van der Waals surface area contributed by atoms with Crippen molar-refractivity contribution < 1.29 is 14.4 Å². The Balaban J connectivity index is 2.14. The Morgan fingerprint density at radius 3 is 2.54 bits per heavy atom. The zero-order chi connectivity index (χ0) is 17.1. The number of rotatable bonds is 6. The molecule has 0 atom stereocenters. The summed E-state index contributed by atoms with van der Waals surface area (Å²) in [5.74, 6) is 1.50. The molecule has 0 amide bonds. The van der Waals surface area contributed by atoms with E-state index < -0.39 is 4.92 Å². The van der Waals surface area contributed by atoms with E-state index in [1.54, 1.807) is 20.3 Å². The lowest BCUT2D eigenvalue weighted by molar-refractivity contribution is -0.384. The Labute approximate surface area is 138 Å². The number of nitro benzene ring substituents is 1. The van der Waals surface area contributed by atoms with Crippen LogP contribution >= 0.6 is 0 Å². The molecule has 1 heterocycles. The van der Waals surface area contributed by atoms with Crippen LogP contribution in [0.2, 0.25) is 0 Å². The summed E-state index contributed by atoms with van der Waals surface area (Å²) in [4.78, 5) is 15.2. The number of non-ortho nitro benzene ring substituents is 1. The van der Waals surface area contributed by atoms with E-state index in [9.17, 15) is 10.1 Å². The largest absolute Gasteiger partial charge is 0.497 e. The van der Waals surface area contributed by atoms with Crippen LogP contribution in [0.1, 0.15) is 0 Å². The van der Waals surface area contributed by atoms with E-state index >= 15 is 0 Å². The molecule has 0 aliphatic carbocycles. The third kappa shape index (κ3) is 2.93. The molecule has 0 unspecified atom stereocenters. The number of imidazole rings is 1. The van der Waals surface area contributed by atoms with Crippen molar-refractivity contribution >= 4 is 16.7 Å². The maximum Gasteiger partial charge on any atom is 0.271 e. The molecule has 0 spiro atoms. The molecule has 0 saturated carbocycles. The van der Waals surface area contributed by atoms with Crippen LogP contribution in [-0.2, 0) is 11.3 Å². The fourth-order valence-electron chi connectivity index (χ4n) is 2.60. The molecule has 0 bridgehead atoms. The number of benzene rings is 2.